The number of rotatable bonds is 6. The van der Waals surface area contributed by atoms with E-state index in [9.17, 15) is 4.79 Å². The molecule has 1 N–H and O–H groups in total. The number of ether oxygens (including phenoxy) is 2. The molecule has 0 unspecified atom stereocenters. The van der Waals surface area contributed by atoms with Crippen LogP contribution < -0.4 is 14.9 Å². The van der Waals surface area contributed by atoms with E-state index in [-0.39, 0.29) is 12.7 Å². The molecule has 0 atom stereocenters. The van der Waals surface area contributed by atoms with Crippen molar-refractivity contribution in [3.63, 3.8) is 0 Å². The molecule has 1 aliphatic rings. The third-order valence-corrected chi connectivity index (χ3v) is 4.15. The van der Waals surface area contributed by atoms with Gasteiger partial charge in [-0.15, -0.1) is 11.8 Å². The molecule has 0 aliphatic carbocycles. The molecule has 0 saturated carbocycles. The Morgan fingerprint density at radius 1 is 1.17 bits per heavy atom. The lowest BCUT2D eigenvalue weighted by molar-refractivity contribution is -0.118. The van der Waals surface area contributed by atoms with Gasteiger partial charge in [-0.2, -0.15) is 5.10 Å². The Hall–Kier alpha value is -2.47. The second-order valence-corrected chi connectivity index (χ2v) is 5.87. The number of amides is 1. The van der Waals surface area contributed by atoms with E-state index in [2.05, 4.69) is 10.5 Å². The highest BCUT2D eigenvalue weighted by atomic mass is 32.2. The number of nitrogens with one attached hydrogen (secondary N) is 1. The number of hydrazone groups is 1. The molecule has 0 bridgehead atoms. The van der Waals surface area contributed by atoms with Crippen molar-refractivity contribution in [2.24, 2.45) is 5.10 Å². The third-order valence-electron chi connectivity index (χ3n) is 3.14. The topological polar surface area (TPSA) is 59.9 Å². The summed E-state index contributed by atoms with van der Waals surface area (Å²) in [6.45, 7) is 0.241. The van der Waals surface area contributed by atoms with Gasteiger partial charge < -0.3 is 9.47 Å². The van der Waals surface area contributed by atoms with Gasteiger partial charge in [0.1, 0.15) is 0 Å². The Bertz CT molecular complexity index is 704. The van der Waals surface area contributed by atoms with Crippen LogP contribution in [0.5, 0.6) is 11.5 Å². The van der Waals surface area contributed by atoms with Crippen LogP contribution in [-0.2, 0) is 10.5 Å². The fourth-order valence-electron chi connectivity index (χ4n) is 2.04. The summed E-state index contributed by atoms with van der Waals surface area (Å²) in [6, 6.07) is 15.5. The second-order valence-electron chi connectivity index (χ2n) is 4.88. The highest BCUT2D eigenvalue weighted by Gasteiger charge is 2.12. The molecule has 0 fully saturated rings. The van der Waals surface area contributed by atoms with Crippen LogP contribution in [0.3, 0.4) is 0 Å². The highest BCUT2D eigenvalue weighted by Crippen LogP contribution is 2.31. The first-order chi connectivity index (χ1) is 11.3. The predicted molar refractivity (Wildman–Crippen MR) is 90.9 cm³/mol. The van der Waals surface area contributed by atoms with Crippen molar-refractivity contribution in [3.05, 3.63) is 59.7 Å². The molecule has 0 radical (unpaired) electrons. The summed E-state index contributed by atoms with van der Waals surface area (Å²) in [5.41, 5.74) is 4.57. The van der Waals surface area contributed by atoms with Crippen molar-refractivity contribution in [2.45, 2.75) is 5.75 Å². The van der Waals surface area contributed by atoms with Gasteiger partial charge in [-0.1, -0.05) is 30.3 Å². The van der Waals surface area contributed by atoms with Crippen LogP contribution in [0.1, 0.15) is 11.1 Å². The number of fused-ring (bicyclic) bond motifs is 1. The molecule has 0 aromatic heterocycles. The molecular formula is C17H16N2O3S. The summed E-state index contributed by atoms with van der Waals surface area (Å²) in [6.07, 6.45) is 1.59. The fourth-order valence-corrected chi connectivity index (χ4v) is 2.82. The molecule has 2 aromatic rings. The van der Waals surface area contributed by atoms with E-state index in [0.29, 0.717) is 11.5 Å². The summed E-state index contributed by atoms with van der Waals surface area (Å²) in [5.74, 6) is 2.47. The van der Waals surface area contributed by atoms with Crippen LogP contribution in [0.2, 0.25) is 0 Å². The second kappa shape index (κ2) is 7.69. The largest absolute Gasteiger partial charge is 0.454 e. The minimum atomic E-state index is -0.122. The molecular weight excluding hydrogens is 312 g/mol. The predicted octanol–water partition coefficient (Wildman–Crippen LogP) is 2.80. The van der Waals surface area contributed by atoms with Crippen molar-refractivity contribution >= 4 is 23.9 Å². The number of hydrogen-bond acceptors (Lipinski definition) is 5. The lowest BCUT2D eigenvalue weighted by Gasteiger charge is -2.01. The van der Waals surface area contributed by atoms with Crippen LogP contribution in [0.15, 0.2) is 53.6 Å². The summed E-state index contributed by atoms with van der Waals surface area (Å²) in [7, 11) is 0. The van der Waals surface area contributed by atoms with E-state index < -0.39 is 0 Å². The van der Waals surface area contributed by atoms with Crippen LogP contribution in [0.25, 0.3) is 0 Å². The van der Waals surface area contributed by atoms with E-state index in [4.69, 9.17) is 9.47 Å². The first kappa shape index (κ1) is 15.4. The van der Waals surface area contributed by atoms with Crippen LogP contribution in [0, 0.1) is 0 Å². The molecule has 6 heteroatoms. The van der Waals surface area contributed by atoms with Gasteiger partial charge in [0.05, 0.1) is 12.0 Å². The molecule has 2 aromatic carbocycles. The highest BCUT2D eigenvalue weighted by molar-refractivity contribution is 7.99. The Morgan fingerprint density at radius 3 is 2.87 bits per heavy atom. The number of thioether (sulfide) groups is 1. The van der Waals surface area contributed by atoms with Crippen molar-refractivity contribution in [1.82, 2.24) is 5.43 Å². The first-order valence-corrected chi connectivity index (χ1v) is 8.30. The standard InChI is InChI=1S/C17H16N2O3S/c20-17(11-23-10-13-4-2-1-3-5-13)19-18-9-14-6-7-15-16(8-14)22-12-21-15/h1-9H,10-12H2,(H,19,20)/b18-9+. The zero-order valence-corrected chi connectivity index (χ0v) is 13.2. The normalized spacial score (nSPS) is 12.5. The lowest BCUT2D eigenvalue weighted by atomic mass is 10.2. The van der Waals surface area contributed by atoms with Crippen LogP contribution in [0.4, 0.5) is 0 Å². The Kier molecular flexibility index (Phi) is 5.16. The average Bonchev–Trinajstić information content (AvgIpc) is 3.03. The Morgan fingerprint density at radius 2 is 2.00 bits per heavy atom. The fraction of sp³-hybridized carbons (Fsp3) is 0.176. The van der Waals surface area contributed by atoms with Gasteiger partial charge in [0.2, 0.25) is 12.7 Å². The monoisotopic (exact) mass is 328 g/mol. The van der Waals surface area contributed by atoms with Crippen molar-refractivity contribution in [3.8, 4) is 11.5 Å². The van der Waals surface area contributed by atoms with E-state index >= 15 is 0 Å². The zero-order valence-electron chi connectivity index (χ0n) is 12.4. The van der Waals surface area contributed by atoms with Crippen molar-refractivity contribution < 1.29 is 14.3 Å². The van der Waals surface area contributed by atoms with Gasteiger partial charge in [-0.25, -0.2) is 5.43 Å². The maximum Gasteiger partial charge on any atom is 0.250 e. The molecule has 5 nitrogen and oxygen atoms in total. The van der Waals surface area contributed by atoms with Gasteiger partial charge in [-0.05, 0) is 29.3 Å². The van der Waals surface area contributed by atoms with E-state index in [1.54, 1.807) is 18.0 Å². The van der Waals surface area contributed by atoms with Crippen LogP contribution >= 0.6 is 11.8 Å². The van der Waals surface area contributed by atoms with E-state index in [0.717, 1.165) is 17.1 Å². The smallest absolute Gasteiger partial charge is 0.250 e. The summed E-state index contributed by atoms with van der Waals surface area (Å²) >= 11 is 1.55. The van der Waals surface area contributed by atoms with Gasteiger partial charge in [0.15, 0.2) is 11.5 Å². The molecule has 1 heterocycles. The summed E-state index contributed by atoms with van der Waals surface area (Å²) < 4.78 is 10.5. The minimum absolute atomic E-state index is 0.122. The molecule has 3 rings (SSSR count). The van der Waals surface area contributed by atoms with Crippen LogP contribution in [-0.4, -0.2) is 24.7 Å². The average molecular weight is 328 g/mol. The maximum absolute atomic E-state index is 11.7. The minimum Gasteiger partial charge on any atom is -0.454 e. The summed E-state index contributed by atoms with van der Waals surface area (Å²) in [5, 5.41) is 3.96. The molecule has 118 valence electrons. The lowest BCUT2D eigenvalue weighted by Crippen LogP contribution is -2.19. The van der Waals surface area contributed by atoms with E-state index in [1.165, 1.54) is 5.56 Å². The van der Waals surface area contributed by atoms with Crippen molar-refractivity contribution in [2.75, 3.05) is 12.5 Å². The summed E-state index contributed by atoms with van der Waals surface area (Å²) in [4.78, 5) is 11.7. The van der Waals surface area contributed by atoms with Gasteiger partial charge in [-0.3, -0.25) is 4.79 Å². The number of carbonyl (C=O) groups is 1. The SMILES string of the molecule is O=C(CSCc1ccccc1)N/N=C/c1ccc2c(c1)OCO2. The molecule has 0 spiro atoms. The molecule has 1 aliphatic heterocycles. The zero-order chi connectivity index (χ0) is 15.9. The number of carbonyl (C=O) groups excluding carboxylic acids is 1. The van der Waals surface area contributed by atoms with Gasteiger partial charge >= 0.3 is 0 Å². The first-order valence-electron chi connectivity index (χ1n) is 7.14. The molecule has 1 amide bonds. The van der Waals surface area contributed by atoms with E-state index in [1.807, 2.05) is 48.5 Å². The Labute approximate surface area is 138 Å². The van der Waals surface area contributed by atoms with Crippen molar-refractivity contribution in [1.29, 1.82) is 0 Å². The number of hydrogen-bond donors (Lipinski definition) is 1. The van der Waals surface area contributed by atoms with Gasteiger partial charge in [0.25, 0.3) is 0 Å². The Balaban J connectivity index is 1.42. The molecule has 0 saturated heterocycles. The van der Waals surface area contributed by atoms with Gasteiger partial charge in [0, 0.05) is 5.75 Å². The maximum atomic E-state index is 11.7. The quantitative estimate of drug-likeness (QED) is 0.654. The molecule has 23 heavy (non-hydrogen) atoms. The number of benzene rings is 2. The third kappa shape index (κ3) is 4.50. The number of nitrogens with zero attached hydrogens (tertiary/aromatic N) is 1.